The predicted molar refractivity (Wildman–Crippen MR) is 266 cm³/mol. The van der Waals surface area contributed by atoms with E-state index in [9.17, 15) is 0 Å². The van der Waals surface area contributed by atoms with Crippen LogP contribution in [0.25, 0.3) is 119 Å². The highest BCUT2D eigenvalue weighted by molar-refractivity contribution is 7.25. The van der Waals surface area contributed by atoms with Crippen molar-refractivity contribution >= 4 is 74.6 Å². The van der Waals surface area contributed by atoms with Gasteiger partial charge in [0.15, 0.2) is 0 Å². The first-order valence-electron chi connectivity index (χ1n) is 21.2. The van der Waals surface area contributed by atoms with Gasteiger partial charge >= 0.3 is 0 Å². The first-order chi connectivity index (χ1) is 30.1. The molecule has 0 aliphatic heterocycles. The van der Waals surface area contributed by atoms with Crippen LogP contribution in [0.15, 0.2) is 206 Å². The highest BCUT2D eigenvalue weighted by atomic mass is 32.1. The Morgan fingerprint density at radius 3 is 1.21 bits per heavy atom. The van der Waals surface area contributed by atoms with E-state index >= 15 is 0 Å². The van der Waals surface area contributed by atoms with Crippen molar-refractivity contribution in [1.29, 1.82) is 0 Å². The van der Waals surface area contributed by atoms with Gasteiger partial charge in [-0.1, -0.05) is 188 Å². The summed E-state index contributed by atoms with van der Waals surface area (Å²) in [7, 11) is 0. The van der Waals surface area contributed by atoms with E-state index < -0.39 is 0 Å². The number of fused-ring (bicyclic) bond motifs is 7. The van der Waals surface area contributed by atoms with E-state index in [0.29, 0.717) is 0 Å². The highest BCUT2D eigenvalue weighted by Gasteiger charge is 2.22. The fourth-order valence-electron chi connectivity index (χ4n) is 10.3. The van der Waals surface area contributed by atoms with Gasteiger partial charge in [-0.2, -0.15) is 0 Å². The summed E-state index contributed by atoms with van der Waals surface area (Å²) in [6, 6.07) is 76.7. The van der Waals surface area contributed by atoms with Gasteiger partial charge in [0.05, 0.1) is 0 Å². The molecule has 0 bridgehead atoms. The van der Waals surface area contributed by atoms with Gasteiger partial charge in [0.25, 0.3) is 0 Å². The second-order valence-corrected chi connectivity index (χ2v) is 17.5. The molecule has 0 nitrogen and oxygen atoms in total. The Bertz CT molecular complexity index is 3600. The molecule has 0 radical (unpaired) electrons. The van der Waals surface area contributed by atoms with Crippen molar-refractivity contribution < 1.29 is 0 Å². The van der Waals surface area contributed by atoms with Gasteiger partial charge in [-0.15, -0.1) is 11.3 Å². The Hall–Kier alpha value is -7.32. The second-order valence-electron chi connectivity index (χ2n) is 16.4. The molecule has 0 amide bonds. The van der Waals surface area contributed by atoms with Crippen LogP contribution in [0.3, 0.4) is 0 Å². The Balaban J connectivity index is 1.07. The average Bonchev–Trinajstić information content (AvgIpc) is 3.69. The number of aryl methyl sites for hydroxylation is 2. The fourth-order valence-corrected chi connectivity index (χ4v) is 11.3. The molecular weight excluding hydrogens is 753 g/mol. The normalized spacial score (nSPS) is 11.8. The van der Waals surface area contributed by atoms with Crippen molar-refractivity contribution in [3.8, 4) is 55.6 Å². The first kappa shape index (κ1) is 35.6. The SMILES string of the molecule is Cc1cc(-c2c3ccccc3c(-c3ccc4sc5ccccc5c4c3)c3ccccc23)c(C)cc1-c1ccccc1-c1c2ccccc2c(-c2ccccc2)c2ccccc12. The molecule has 0 N–H and O–H groups in total. The minimum Gasteiger partial charge on any atom is -0.135 e. The topological polar surface area (TPSA) is 0 Å². The van der Waals surface area contributed by atoms with E-state index in [-0.39, 0.29) is 0 Å². The molecule has 0 unspecified atom stereocenters. The van der Waals surface area contributed by atoms with Gasteiger partial charge in [0.2, 0.25) is 0 Å². The second kappa shape index (κ2) is 14.2. The lowest BCUT2D eigenvalue weighted by atomic mass is 9.81. The van der Waals surface area contributed by atoms with Gasteiger partial charge in [0.1, 0.15) is 0 Å². The zero-order valence-corrected chi connectivity index (χ0v) is 34.9. The van der Waals surface area contributed by atoms with Crippen molar-refractivity contribution in [3.05, 3.63) is 217 Å². The number of thiophene rings is 1. The maximum atomic E-state index is 2.45. The molecule has 12 aromatic rings. The molecule has 0 aliphatic rings. The van der Waals surface area contributed by atoms with Crippen LogP contribution < -0.4 is 0 Å². The maximum absolute atomic E-state index is 2.45. The van der Waals surface area contributed by atoms with E-state index in [1.54, 1.807) is 0 Å². The lowest BCUT2D eigenvalue weighted by molar-refractivity contribution is 1.39. The Morgan fingerprint density at radius 1 is 0.246 bits per heavy atom. The molecule has 12 rings (SSSR count). The van der Waals surface area contributed by atoms with Crippen LogP contribution in [0.5, 0.6) is 0 Å². The molecule has 0 saturated carbocycles. The first-order valence-corrected chi connectivity index (χ1v) is 22.0. The van der Waals surface area contributed by atoms with Crippen LogP contribution in [-0.2, 0) is 0 Å². The van der Waals surface area contributed by atoms with Crippen LogP contribution in [0.1, 0.15) is 11.1 Å². The number of benzene rings is 11. The summed E-state index contributed by atoms with van der Waals surface area (Å²) < 4.78 is 2.66. The minimum atomic E-state index is 1.24. The van der Waals surface area contributed by atoms with E-state index in [1.807, 2.05) is 11.3 Å². The van der Waals surface area contributed by atoms with Crippen molar-refractivity contribution in [2.45, 2.75) is 13.8 Å². The van der Waals surface area contributed by atoms with Crippen LogP contribution in [-0.4, -0.2) is 0 Å². The summed E-state index contributed by atoms with van der Waals surface area (Å²) in [6.45, 7) is 4.59. The number of hydrogen-bond acceptors (Lipinski definition) is 1. The molecule has 286 valence electrons. The molecular formula is C60H40S. The standard InChI is InChI=1S/C60H40S/c1-37-35-53(60-50-29-14-10-25-46(50)58(47-26-11-15-30-51(47)60)40-32-33-56-54(36-40)42-21-16-17-31-55(42)61-56)38(2)34-52(37)41-20-6-7-22-43(41)59-48-27-12-8-23-44(48)57(39-18-4-3-5-19-39)45-24-9-13-28-49(45)59/h3-36H,1-2H3. The van der Waals surface area contributed by atoms with Crippen LogP contribution >= 0.6 is 11.3 Å². The smallest absolute Gasteiger partial charge is 0.0355 e. The third-order valence-corrected chi connectivity index (χ3v) is 14.1. The Kier molecular flexibility index (Phi) is 8.27. The van der Waals surface area contributed by atoms with Crippen molar-refractivity contribution in [1.82, 2.24) is 0 Å². The fraction of sp³-hybridized carbons (Fsp3) is 0.0333. The minimum absolute atomic E-state index is 1.24. The molecule has 1 heteroatoms. The third-order valence-electron chi connectivity index (χ3n) is 12.9. The molecule has 0 spiro atoms. The van der Waals surface area contributed by atoms with Crippen molar-refractivity contribution in [2.75, 3.05) is 0 Å². The van der Waals surface area contributed by atoms with Crippen LogP contribution in [0, 0.1) is 13.8 Å². The quantitative estimate of drug-likeness (QED) is 0.152. The van der Waals surface area contributed by atoms with Crippen LogP contribution in [0.4, 0.5) is 0 Å². The van der Waals surface area contributed by atoms with Crippen LogP contribution in [0.2, 0.25) is 0 Å². The van der Waals surface area contributed by atoms with Gasteiger partial charge in [-0.05, 0) is 142 Å². The molecule has 0 aliphatic carbocycles. The zero-order chi connectivity index (χ0) is 40.6. The molecule has 0 atom stereocenters. The van der Waals surface area contributed by atoms with E-state index in [0.717, 1.165) is 0 Å². The van der Waals surface area contributed by atoms with Gasteiger partial charge in [-0.25, -0.2) is 0 Å². The summed E-state index contributed by atoms with van der Waals surface area (Å²) >= 11 is 1.87. The summed E-state index contributed by atoms with van der Waals surface area (Å²) in [5.74, 6) is 0. The predicted octanol–water partition coefficient (Wildman–Crippen LogP) is 17.6. The Labute approximate surface area is 359 Å². The summed E-state index contributed by atoms with van der Waals surface area (Å²) in [5.41, 5.74) is 15.2. The monoisotopic (exact) mass is 792 g/mol. The van der Waals surface area contributed by atoms with Gasteiger partial charge in [-0.3, -0.25) is 0 Å². The van der Waals surface area contributed by atoms with Crippen molar-refractivity contribution in [2.24, 2.45) is 0 Å². The third kappa shape index (κ3) is 5.58. The number of rotatable bonds is 5. The molecule has 1 heterocycles. The number of hydrogen-bond donors (Lipinski definition) is 0. The van der Waals surface area contributed by atoms with Gasteiger partial charge < -0.3 is 0 Å². The summed E-state index contributed by atoms with van der Waals surface area (Å²) in [6.07, 6.45) is 0. The Morgan fingerprint density at radius 2 is 0.639 bits per heavy atom. The summed E-state index contributed by atoms with van der Waals surface area (Å²) in [5, 5.41) is 12.8. The zero-order valence-electron chi connectivity index (χ0n) is 34.0. The van der Waals surface area contributed by atoms with Gasteiger partial charge in [0, 0.05) is 20.2 Å². The van der Waals surface area contributed by atoms with E-state index in [2.05, 4.69) is 220 Å². The van der Waals surface area contributed by atoms with E-state index in [4.69, 9.17) is 0 Å². The molecule has 0 saturated heterocycles. The highest BCUT2D eigenvalue weighted by Crippen LogP contribution is 2.49. The molecule has 1 aromatic heterocycles. The maximum Gasteiger partial charge on any atom is 0.0355 e. The average molecular weight is 793 g/mol. The molecule has 61 heavy (non-hydrogen) atoms. The van der Waals surface area contributed by atoms with E-state index in [1.165, 1.54) is 130 Å². The lowest BCUT2D eigenvalue weighted by Crippen LogP contribution is -1.96. The molecule has 11 aromatic carbocycles. The van der Waals surface area contributed by atoms with Crippen molar-refractivity contribution in [3.63, 3.8) is 0 Å². The lowest BCUT2D eigenvalue weighted by Gasteiger charge is -2.22. The largest absolute Gasteiger partial charge is 0.135 e. The summed E-state index contributed by atoms with van der Waals surface area (Å²) in [4.78, 5) is 0. The molecule has 0 fully saturated rings.